The van der Waals surface area contributed by atoms with Gasteiger partial charge in [0.25, 0.3) is 5.91 Å². The third-order valence-corrected chi connectivity index (χ3v) is 4.40. The Morgan fingerprint density at radius 1 is 1.19 bits per heavy atom. The molecule has 1 saturated heterocycles. The van der Waals surface area contributed by atoms with Crippen LogP contribution in [0.5, 0.6) is 0 Å². The molecule has 1 aliphatic heterocycles. The number of anilines is 2. The number of aryl methyl sites for hydroxylation is 1. The van der Waals surface area contributed by atoms with Crippen molar-refractivity contribution < 1.29 is 14.0 Å². The number of carbonyl (C=O) groups excluding carboxylic acids is 2. The Hall–Kier alpha value is -2.80. The summed E-state index contributed by atoms with van der Waals surface area (Å²) in [4.78, 5) is 26.5. The van der Waals surface area contributed by atoms with Crippen LogP contribution in [-0.2, 0) is 0 Å². The van der Waals surface area contributed by atoms with Crippen molar-refractivity contribution in [2.75, 3.05) is 24.1 Å². The highest BCUT2D eigenvalue weighted by atomic mass is 35.5. The lowest BCUT2D eigenvalue weighted by Gasteiger charge is -2.18. The van der Waals surface area contributed by atoms with Gasteiger partial charge in [0.15, 0.2) is 0 Å². The topological polar surface area (TPSA) is 87.5 Å². The van der Waals surface area contributed by atoms with E-state index in [1.807, 2.05) is 13.0 Å². The summed E-state index contributed by atoms with van der Waals surface area (Å²) < 4.78 is 12.9. The van der Waals surface area contributed by atoms with E-state index in [2.05, 4.69) is 10.6 Å². The van der Waals surface area contributed by atoms with Crippen LogP contribution in [0.15, 0.2) is 42.5 Å². The van der Waals surface area contributed by atoms with Crippen LogP contribution in [0.4, 0.5) is 20.6 Å². The number of nitrogens with two attached hydrogens (primary N) is 1. The van der Waals surface area contributed by atoms with Gasteiger partial charge >= 0.3 is 6.03 Å². The summed E-state index contributed by atoms with van der Waals surface area (Å²) in [5, 5.41) is 5.49. The summed E-state index contributed by atoms with van der Waals surface area (Å²) in [5.74, 6) is -0.448. The third kappa shape index (κ3) is 5.10. The fraction of sp³-hybridized carbons (Fsp3) is 0.263. The molecule has 8 heteroatoms. The van der Waals surface area contributed by atoms with E-state index < -0.39 is 0 Å². The number of amides is 3. The van der Waals surface area contributed by atoms with Crippen LogP contribution in [-0.4, -0.2) is 36.0 Å². The molecule has 144 valence electrons. The van der Waals surface area contributed by atoms with Gasteiger partial charge < -0.3 is 21.3 Å². The first-order chi connectivity index (χ1) is 12.4. The lowest BCUT2D eigenvalue weighted by atomic mass is 10.1. The SMILES string of the molecule is Cc1ccc(N)cc1C(=O)N1CCC(NC(=O)Nc2ccc(F)cc2)C1.Cl. The van der Waals surface area contributed by atoms with Crippen molar-refractivity contribution in [1.29, 1.82) is 0 Å². The zero-order valence-electron chi connectivity index (χ0n) is 14.9. The Morgan fingerprint density at radius 3 is 2.59 bits per heavy atom. The van der Waals surface area contributed by atoms with Gasteiger partial charge in [-0.05, 0) is 55.3 Å². The van der Waals surface area contributed by atoms with Gasteiger partial charge in [0, 0.05) is 36.1 Å². The molecule has 0 aromatic heterocycles. The molecule has 1 atom stereocenters. The highest BCUT2D eigenvalue weighted by Gasteiger charge is 2.28. The van der Waals surface area contributed by atoms with E-state index in [-0.39, 0.29) is 36.2 Å². The molecule has 6 nitrogen and oxygen atoms in total. The number of halogens is 2. The van der Waals surface area contributed by atoms with E-state index in [0.29, 0.717) is 36.4 Å². The maximum atomic E-state index is 12.9. The number of nitrogen functional groups attached to an aromatic ring is 1. The fourth-order valence-electron chi connectivity index (χ4n) is 2.99. The first-order valence-corrected chi connectivity index (χ1v) is 8.41. The van der Waals surface area contributed by atoms with Gasteiger partial charge in [-0.15, -0.1) is 12.4 Å². The number of nitrogens with one attached hydrogen (secondary N) is 2. The minimum atomic E-state index is -0.379. The molecule has 1 unspecified atom stereocenters. The molecule has 2 aromatic carbocycles. The molecule has 0 bridgehead atoms. The molecule has 27 heavy (non-hydrogen) atoms. The van der Waals surface area contributed by atoms with Gasteiger partial charge in [0.2, 0.25) is 0 Å². The van der Waals surface area contributed by atoms with Crippen molar-refractivity contribution in [1.82, 2.24) is 10.2 Å². The quantitative estimate of drug-likeness (QED) is 0.701. The predicted octanol–water partition coefficient (Wildman–Crippen LogP) is 3.17. The average Bonchev–Trinajstić information content (AvgIpc) is 3.07. The molecule has 0 aliphatic carbocycles. The molecule has 1 heterocycles. The standard InChI is InChI=1S/C19H21FN4O2.ClH/c1-12-2-5-14(21)10-17(12)18(25)24-9-8-16(11-24)23-19(26)22-15-6-3-13(20)4-7-15;/h2-7,10,16H,8-9,11,21H2,1H3,(H2,22,23,26);1H. The fourth-order valence-corrected chi connectivity index (χ4v) is 2.99. The van der Waals surface area contributed by atoms with Crippen LogP contribution in [0.1, 0.15) is 22.3 Å². The maximum absolute atomic E-state index is 12.9. The van der Waals surface area contributed by atoms with Gasteiger partial charge in [0.1, 0.15) is 5.82 Å². The van der Waals surface area contributed by atoms with E-state index in [1.165, 1.54) is 24.3 Å². The lowest BCUT2D eigenvalue weighted by molar-refractivity contribution is 0.0789. The second-order valence-electron chi connectivity index (χ2n) is 6.42. The number of hydrogen-bond acceptors (Lipinski definition) is 3. The normalized spacial score (nSPS) is 15.8. The molecule has 4 N–H and O–H groups in total. The number of carbonyl (C=O) groups is 2. The summed E-state index contributed by atoms with van der Waals surface area (Å²) in [7, 11) is 0. The average molecular weight is 393 g/mol. The molecule has 0 radical (unpaired) electrons. The number of rotatable bonds is 3. The van der Waals surface area contributed by atoms with Crippen LogP contribution in [0.3, 0.4) is 0 Å². The van der Waals surface area contributed by atoms with Gasteiger partial charge in [-0.3, -0.25) is 4.79 Å². The van der Waals surface area contributed by atoms with E-state index in [0.717, 1.165) is 5.56 Å². The smallest absolute Gasteiger partial charge is 0.319 e. The molecule has 3 amide bonds. The summed E-state index contributed by atoms with van der Waals surface area (Å²) >= 11 is 0. The zero-order valence-corrected chi connectivity index (χ0v) is 15.7. The van der Waals surface area contributed by atoms with Crippen LogP contribution in [0, 0.1) is 12.7 Å². The number of nitrogens with zero attached hydrogens (tertiary/aromatic N) is 1. The lowest BCUT2D eigenvalue weighted by Crippen LogP contribution is -2.40. The predicted molar refractivity (Wildman–Crippen MR) is 106 cm³/mol. The summed E-state index contributed by atoms with van der Waals surface area (Å²) in [6.45, 7) is 2.87. The van der Waals surface area contributed by atoms with Crippen molar-refractivity contribution in [2.24, 2.45) is 0 Å². The largest absolute Gasteiger partial charge is 0.399 e. The minimum absolute atomic E-state index is 0. The third-order valence-electron chi connectivity index (χ3n) is 4.40. The molecule has 2 aromatic rings. The van der Waals surface area contributed by atoms with E-state index >= 15 is 0 Å². The van der Waals surface area contributed by atoms with Crippen molar-refractivity contribution >= 4 is 35.7 Å². The number of benzene rings is 2. The number of urea groups is 1. The van der Waals surface area contributed by atoms with E-state index in [4.69, 9.17) is 5.73 Å². The molecule has 0 saturated carbocycles. The highest BCUT2D eigenvalue weighted by molar-refractivity contribution is 5.97. The van der Waals surface area contributed by atoms with Gasteiger partial charge in [-0.1, -0.05) is 6.07 Å². The van der Waals surface area contributed by atoms with E-state index in [9.17, 15) is 14.0 Å². The Bertz CT molecular complexity index is 829. The van der Waals surface area contributed by atoms with Crippen molar-refractivity contribution in [3.05, 3.63) is 59.4 Å². The van der Waals surface area contributed by atoms with Crippen LogP contribution < -0.4 is 16.4 Å². The molecule has 0 spiro atoms. The Balaban J connectivity index is 0.00000261. The van der Waals surface area contributed by atoms with E-state index in [1.54, 1.807) is 17.0 Å². The van der Waals surface area contributed by atoms with Crippen LogP contribution in [0.2, 0.25) is 0 Å². The van der Waals surface area contributed by atoms with Crippen molar-refractivity contribution in [2.45, 2.75) is 19.4 Å². The molecule has 1 aliphatic rings. The van der Waals surface area contributed by atoms with Gasteiger partial charge in [-0.25, -0.2) is 9.18 Å². The van der Waals surface area contributed by atoms with Crippen LogP contribution in [0.25, 0.3) is 0 Å². The van der Waals surface area contributed by atoms with Crippen molar-refractivity contribution in [3.63, 3.8) is 0 Å². The summed E-state index contributed by atoms with van der Waals surface area (Å²) in [6.07, 6.45) is 0.671. The maximum Gasteiger partial charge on any atom is 0.319 e. The minimum Gasteiger partial charge on any atom is -0.399 e. The Morgan fingerprint density at radius 2 is 1.89 bits per heavy atom. The Kier molecular flexibility index (Phi) is 6.63. The first kappa shape index (κ1) is 20.5. The summed E-state index contributed by atoms with van der Waals surface area (Å²) in [5.41, 5.74) is 8.29. The second kappa shape index (κ2) is 8.73. The second-order valence-corrected chi connectivity index (χ2v) is 6.42. The van der Waals surface area contributed by atoms with Gasteiger partial charge in [-0.2, -0.15) is 0 Å². The van der Waals surface area contributed by atoms with Gasteiger partial charge in [0.05, 0.1) is 0 Å². The van der Waals surface area contributed by atoms with Crippen LogP contribution >= 0.6 is 12.4 Å². The zero-order chi connectivity index (χ0) is 18.7. The summed E-state index contributed by atoms with van der Waals surface area (Å²) in [6, 6.07) is 10.3. The molecular formula is C19H22ClFN4O2. The highest BCUT2D eigenvalue weighted by Crippen LogP contribution is 2.19. The Labute approximate surface area is 163 Å². The molecule has 1 fully saturated rings. The molecular weight excluding hydrogens is 371 g/mol. The van der Waals surface area contributed by atoms with Crippen molar-refractivity contribution in [3.8, 4) is 0 Å². The first-order valence-electron chi connectivity index (χ1n) is 8.41. The molecule has 3 rings (SSSR count). The number of hydrogen-bond donors (Lipinski definition) is 3. The monoisotopic (exact) mass is 392 g/mol. The number of likely N-dealkylation sites (tertiary alicyclic amines) is 1.